The lowest BCUT2D eigenvalue weighted by Gasteiger charge is -2.14. The number of amides is 1. The Morgan fingerprint density at radius 1 is 1.05 bits per heavy atom. The molecule has 0 unspecified atom stereocenters. The van der Waals surface area contributed by atoms with Crippen molar-refractivity contribution in [1.82, 2.24) is 5.32 Å². The lowest BCUT2D eigenvalue weighted by molar-refractivity contribution is 0.0940. The predicted octanol–water partition coefficient (Wildman–Crippen LogP) is 2.51. The van der Waals surface area contributed by atoms with Crippen LogP contribution < -0.4 is 11.1 Å². The number of hydrogen-bond acceptors (Lipinski definition) is 2. The van der Waals surface area contributed by atoms with E-state index in [1.807, 2.05) is 49.4 Å². The van der Waals surface area contributed by atoms with Crippen molar-refractivity contribution in [3.8, 4) is 0 Å². The number of nitrogens with one attached hydrogen (secondary N) is 1. The summed E-state index contributed by atoms with van der Waals surface area (Å²) in [5.74, 6) is -0.0444. The largest absolute Gasteiger partial charge is 0.349 e. The first kappa shape index (κ1) is 14.3. The van der Waals surface area contributed by atoms with Crippen molar-refractivity contribution in [1.29, 1.82) is 0 Å². The zero-order valence-corrected chi connectivity index (χ0v) is 11.7. The second-order valence-corrected chi connectivity index (χ2v) is 4.97. The van der Waals surface area contributed by atoms with Gasteiger partial charge < -0.3 is 11.1 Å². The van der Waals surface area contributed by atoms with Gasteiger partial charge in [0.1, 0.15) is 0 Å². The molecule has 104 valence electrons. The molecule has 3 nitrogen and oxygen atoms in total. The molecule has 0 aliphatic rings. The maximum atomic E-state index is 12.1. The van der Waals surface area contributed by atoms with Crippen LogP contribution in [0, 0.1) is 0 Å². The van der Waals surface area contributed by atoms with Gasteiger partial charge in [0, 0.05) is 18.2 Å². The third-order valence-corrected chi connectivity index (χ3v) is 3.21. The molecule has 0 saturated heterocycles. The summed E-state index contributed by atoms with van der Waals surface area (Å²) in [5, 5.41) is 3.01. The highest BCUT2D eigenvalue weighted by atomic mass is 16.1. The van der Waals surface area contributed by atoms with Gasteiger partial charge in [-0.3, -0.25) is 4.79 Å². The van der Waals surface area contributed by atoms with Crippen molar-refractivity contribution in [3.05, 3.63) is 71.3 Å². The Morgan fingerprint density at radius 3 is 2.30 bits per heavy atom. The van der Waals surface area contributed by atoms with Crippen LogP contribution in [0.15, 0.2) is 54.6 Å². The minimum absolute atomic E-state index is 0.0444. The van der Waals surface area contributed by atoms with Crippen LogP contribution in [0.5, 0.6) is 0 Å². The molecule has 0 aliphatic carbocycles. The number of carbonyl (C=O) groups is 1. The number of carbonyl (C=O) groups excluding carboxylic acids is 1. The molecule has 1 amide bonds. The quantitative estimate of drug-likeness (QED) is 0.875. The maximum absolute atomic E-state index is 12.1. The van der Waals surface area contributed by atoms with Crippen LogP contribution >= 0.6 is 0 Å². The fourth-order valence-electron chi connectivity index (χ4n) is 2.12. The summed E-state index contributed by atoms with van der Waals surface area (Å²) in [6.07, 6.45) is 0.827. The minimum Gasteiger partial charge on any atom is -0.349 e. The van der Waals surface area contributed by atoms with Crippen LogP contribution in [0.4, 0.5) is 0 Å². The van der Waals surface area contributed by atoms with E-state index in [-0.39, 0.29) is 11.9 Å². The first-order valence-electron chi connectivity index (χ1n) is 6.83. The topological polar surface area (TPSA) is 55.1 Å². The van der Waals surface area contributed by atoms with Crippen molar-refractivity contribution >= 4 is 5.91 Å². The fraction of sp³-hybridized carbons (Fsp3) is 0.235. The van der Waals surface area contributed by atoms with Crippen LogP contribution in [-0.4, -0.2) is 11.9 Å². The second kappa shape index (κ2) is 6.87. The molecule has 0 heterocycles. The van der Waals surface area contributed by atoms with Crippen molar-refractivity contribution in [3.63, 3.8) is 0 Å². The Morgan fingerprint density at radius 2 is 1.70 bits per heavy atom. The van der Waals surface area contributed by atoms with Gasteiger partial charge in [-0.15, -0.1) is 0 Å². The van der Waals surface area contributed by atoms with Gasteiger partial charge >= 0.3 is 0 Å². The van der Waals surface area contributed by atoms with E-state index < -0.39 is 0 Å². The molecular formula is C17H20N2O. The third kappa shape index (κ3) is 3.93. The molecule has 3 N–H and O–H groups in total. The monoisotopic (exact) mass is 268 g/mol. The first-order chi connectivity index (χ1) is 9.69. The Balaban J connectivity index is 1.93. The summed E-state index contributed by atoms with van der Waals surface area (Å²) in [6.45, 7) is 2.51. The highest BCUT2D eigenvalue weighted by Crippen LogP contribution is 2.06. The van der Waals surface area contributed by atoms with Crippen molar-refractivity contribution < 1.29 is 4.79 Å². The minimum atomic E-state index is -0.0444. The molecule has 0 bridgehead atoms. The van der Waals surface area contributed by atoms with Crippen molar-refractivity contribution in [2.45, 2.75) is 25.9 Å². The maximum Gasteiger partial charge on any atom is 0.251 e. The molecule has 3 heteroatoms. The summed E-state index contributed by atoms with van der Waals surface area (Å²) >= 11 is 0. The molecule has 2 aromatic rings. The van der Waals surface area contributed by atoms with E-state index in [4.69, 9.17) is 5.73 Å². The number of rotatable bonds is 5. The highest BCUT2D eigenvalue weighted by molar-refractivity contribution is 5.94. The molecule has 2 rings (SSSR count). The van der Waals surface area contributed by atoms with Gasteiger partial charge in [0.05, 0.1) is 0 Å². The Bertz CT molecular complexity index is 549. The molecule has 1 atom stereocenters. The van der Waals surface area contributed by atoms with Gasteiger partial charge in [0.25, 0.3) is 5.91 Å². The molecular weight excluding hydrogens is 248 g/mol. The van der Waals surface area contributed by atoms with Gasteiger partial charge in [0.2, 0.25) is 0 Å². The predicted molar refractivity (Wildman–Crippen MR) is 81.4 cm³/mol. The lowest BCUT2D eigenvalue weighted by Crippen LogP contribution is -2.34. The second-order valence-electron chi connectivity index (χ2n) is 4.97. The van der Waals surface area contributed by atoms with Gasteiger partial charge in [-0.05, 0) is 36.6 Å². The summed E-state index contributed by atoms with van der Waals surface area (Å²) < 4.78 is 0. The van der Waals surface area contributed by atoms with Gasteiger partial charge in [-0.1, -0.05) is 42.5 Å². The third-order valence-electron chi connectivity index (χ3n) is 3.21. The van der Waals surface area contributed by atoms with Gasteiger partial charge in [0.15, 0.2) is 0 Å². The SMILES string of the molecule is C[C@@H](Cc1ccccc1)NC(=O)c1ccc(CN)cc1. The Kier molecular flexibility index (Phi) is 4.91. The average Bonchev–Trinajstić information content (AvgIpc) is 2.48. The van der Waals surface area contributed by atoms with E-state index >= 15 is 0 Å². The van der Waals surface area contributed by atoms with E-state index in [0.29, 0.717) is 12.1 Å². The smallest absolute Gasteiger partial charge is 0.251 e. The number of hydrogen-bond donors (Lipinski definition) is 2. The van der Waals surface area contributed by atoms with E-state index in [0.717, 1.165) is 12.0 Å². The Hall–Kier alpha value is -2.13. The molecule has 0 aromatic heterocycles. The fourth-order valence-corrected chi connectivity index (χ4v) is 2.12. The molecule has 20 heavy (non-hydrogen) atoms. The zero-order chi connectivity index (χ0) is 14.4. The Labute approximate surface area is 119 Å². The van der Waals surface area contributed by atoms with E-state index in [1.165, 1.54) is 5.56 Å². The van der Waals surface area contributed by atoms with Gasteiger partial charge in [-0.25, -0.2) is 0 Å². The molecule has 0 fully saturated rings. The number of nitrogens with two attached hydrogens (primary N) is 1. The molecule has 0 aliphatic heterocycles. The normalized spacial score (nSPS) is 11.9. The first-order valence-corrected chi connectivity index (χ1v) is 6.83. The van der Waals surface area contributed by atoms with E-state index in [1.54, 1.807) is 0 Å². The van der Waals surface area contributed by atoms with Crippen molar-refractivity contribution in [2.24, 2.45) is 5.73 Å². The van der Waals surface area contributed by atoms with Crippen LogP contribution in [-0.2, 0) is 13.0 Å². The average molecular weight is 268 g/mol. The van der Waals surface area contributed by atoms with Gasteiger partial charge in [-0.2, -0.15) is 0 Å². The van der Waals surface area contributed by atoms with Crippen LogP contribution in [0.3, 0.4) is 0 Å². The molecule has 2 aromatic carbocycles. The highest BCUT2D eigenvalue weighted by Gasteiger charge is 2.10. The molecule has 0 radical (unpaired) electrons. The molecule has 0 spiro atoms. The standard InChI is InChI=1S/C17H20N2O/c1-13(11-14-5-3-2-4-6-14)19-17(20)16-9-7-15(12-18)8-10-16/h2-10,13H,11-12,18H2,1H3,(H,19,20)/t13-/m0/s1. The van der Waals surface area contributed by atoms with Crippen LogP contribution in [0.1, 0.15) is 28.4 Å². The summed E-state index contributed by atoms with van der Waals surface area (Å²) in [6, 6.07) is 17.6. The molecule has 0 saturated carbocycles. The van der Waals surface area contributed by atoms with Crippen molar-refractivity contribution in [2.75, 3.05) is 0 Å². The lowest BCUT2D eigenvalue weighted by atomic mass is 10.1. The van der Waals surface area contributed by atoms with E-state index in [2.05, 4.69) is 17.4 Å². The zero-order valence-electron chi connectivity index (χ0n) is 11.7. The van der Waals surface area contributed by atoms with Crippen LogP contribution in [0.25, 0.3) is 0 Å². The van der Waals surface area contributed by atoms with Crippen LogP contribution in [0.2, 0.25) is 0 Å². The summed E-state index contributed by atoms with van der Waals surface area (Å²) in [4.78, 5) is 12.1. The summed E-state index contributed by atoms with van der Waals surface area (Å²) in [7, 11) is 0. The summed E-state index contributed by atoms with van der Waals surface area (Å²) in [5.41, 5.74) is 8.46. The van der Waals surface area contributed by atoms with E-state index in [9.17, 15) is 4.79 Å². The number of benzene rings is 2.